The van der Waals surface area contributed by atoms with Gasteiger partial charge in [0.05, 0.1) is 37.9 Å². The maximum absolute atomic E-state index is 17.1. The third kappa shape index (κ3) is 9.63. The number of benzene rings is 2. The van der Waals surface area contributed by atoms with Gasteiger partial charge in [0, 0.05) is 64.2 Å². The molecule has 14 heteroatoms. The molecule has 0 aliphatic heterocycles. The maximum Gasteiger partial charge on any atom is 0.380 e. The molecule has 0 bridgehead atoms. The van der Waals surface area contributed by atoms with Crippen molar-refractivity contribution in [2.24, 2.45) is 0 Å². The molecule has 1 aliphatic carbocycles. The summed E-state index contributed by atoms with van der Waals surface area (Å²) >= 11 is 3.89. The molecule has 0 atom stereocenters. The summed E-state index contributed by atoms with van der Waals surface area (Å²) in [5.74, 6) is -16.6. The van der Waals surface area contributed by atoms with Gasteiger partial charge < -0.3 is 23.4 Å². The molecule has 7 rings (SSSR count). The lowest BCUT2D eigenvalue weighted by atomic mass is 9.86. The maximum atomic E-state index is 17.1. The number of furan rings is 1. The average molecular weight is 959 g/mol. The topological polar surface area (TPSA) is 50.1 Å². The van der Waals surface area contributed by atoms with E-state index in [0.29, 0.717) is 41.1 Å². The van der Waals surface area contributed by atoms with Gasteiger partial charge in [0.25, 0.3) is 0 Å². The van der Waals surface area contributed by atoms with Gasteiger partial charge in [0.2, 0.25) is 0 Å². The molecule has 350 valence electrons. The Hall–Kier alpha value is -3.92. The number of halogens is 6. The number of hydrogen-bond donors (Lipinski definition) is 0. The standard InChI is InChI=1S/C51H56F6O5S3/c1-11-58-22-23-59-24-25-60-26-27-61-32-16-17-35-33(28-32)41(44(62-35)30-12-14-31(15-13-30)46(2,3)4)43-42(49(52,53)51(56,57)50(43,54)55)34-29-38(36-18-20-39(63-36)47(5,6)7)65-45(34)37-19-21-40(64-37)48(8,9)10/h12-21,28-29H,11,22-27H2,1-10H3. The van der Waals surface area contributed by atoms with Crippen molar-refractivity contribution in [2.75, 3.05) is 46.2 Å². The highest BCUT2D eigenvalue weighted by Gasteiger charge is 2.81. The van der Waals surface area contributed by atoms with Gasteiger partial charge in [-0.05, 0) is 77.3 Å². The molecule has 0 N–H and O–H groups in total. The molecule has 1 aliphatic rings. The van der Waals surface area contributed by atoms with Crippen molar-refractivity contribution in [1.29, 1.82) is 0 Å². The Morgan fingerprint density at radius 3 is 1.68 bits per heavy atom. The minimum Gasteiger partial charge on any atom is -0.491 e. The van der Waals surface area contributed by atoms with Crippen LogP contribution >= 0.6 is 34.0 Å². The minimum absolute atomic E-state index is 0.0245. The summed E-state index contributed by atoms with van der Waals surface area (Å²) < 4.78 is 130. The van der Waals surface area contributed by atoms with E-state index in [1.807, 2.05) is 87.4 Å². The zero-order valence-electron chi connectivity index (χ0n) is 38.4. The second-order valence-corrected chi connectivity index (χ2v) is 22.4. The highest BCUT2D eigenvalue weighted by Crippen LogP contribution is 2.68. The van der Waals surface area contributed by atoms with Crippen LogP contribution in [0.4, 0.5) is 26.3 Å². The monoisotopic (exact) mass is 958 g/mol. The third-order valence-corrected chi connectivity index (χ3v) is 15.7. The summed E-state index contributed by atoms with van der Waals surface area (Å²) in [5, 5.41) is -0.0853. The highest BCUT2D eigenvalue weighted by molar-refractivity contribution is 7.26. The van der Waals surface area contributed by atoms with E-state index in [1.54, 1.807) is 36.4 Å². The van der Waals surface area contributed by atoms with Crippen LogP contribution < -0.4 is 4.74 Å². The summed E-state index contributed by atoms with van der Waals surface area (Å²) in [6, 6.07) is 20.0. The van der Waals surface area contributed by atoms with E-state index in [1.165, 1.54) is 40.9 Å². The number of ether oxygens (including phenoxy) is 4. The van der Waals surface area contributed by atoms with Crippen LogP contribution in [0, 0.1) is 0 Å². The predicted octanol–water partition coefficient (Wildman–Crippen LogP) is 15.8. The fourth-order valence-corrected chi connectivity index (χ4v) is 11.1. The summed E-state index contributed by atoms with van der Waals surface area (Å²) in [7, 11) is 0. The van der Waals surface area contributed by atoms with Crippen LogP contribution in [-0.4, -0.2) is 64.0 Å². The largest absolute Gasteiger partial charge is 0.491 e. The number of alkyl halides is 6. The van der Waals surface area contributed by atoms with Crippen molar-refractivity contribution >= 4 is 56.1 Å². The third-order valence-electron chi connectivity index (χ3n) is 11.2. The van der Waals surface area contributed by atoms with Crippen molar-refractivity contribution in [3.05, 3.63) is 99.2 Å². The van der Waals surface area contributed by atoms with E-state index in [-0.39, 0.29) is 74.5 Å². The Morgan fingerprint density at radius 1 is 0.554 bits per heavy atom. The minimum atomic E-state index is -5.83. The van der Waals surface area contributed by atoms with Gasteiger partial charge in [0.1, 0.15) is 23.7 Å². The quantitative estimate of drug-likeness (QED) is 0.0715. The Balaban J connectivity index is 1.44. The molecular weight excluding hydrogens is 903 g/mol. The molecule has 4 aromatic heterocycles. The highest BCUT2D eigenvalue weighted by atomic mass is 32.1. The van der Waals surface area contributed by atoms with E-state index >= 15 is 26.3 Å². The number of rotatable bonds is 16. The van der Waals surface area contributed by atoms with Crippen LogP contribution in [0.2, 0.25) is 0 Å². The molecule has 5 nitrogen and oxygen atoms in total. The second kappa shape index (κ2) is 18.3. The van der Waals surface area contributed by atoms with Gasteiger partial charge >= 0.3 is 17.8 Å². The molecular formula is C51H56F6O5S3. The molecule has 6 aromatic rings. The zero-order valence-corrected chi connectivity index (χ0v) is 40.9. The first-order valence-electron chi connectivity index (χ1n) is 21.7. The average Bonchev–Trinajstić information content (AvgIpc) is 4.06. The van der Waals surface area contributed by atoms with Gasteiger partial charge in [-0.3, -0.25) is 0 Å². The van der Waals surface area contributed by atoms with Crippen LogP contribution in [0.1, 0.15) is 95.7 Å². The number of hydrogen-bond acceptors (Lipinski definition) is 8. The van der Waals surface area contributed by atoms with E-state index in [4.69, 9.17) is 23.4 Å². The number of allylic oxidation sites excluding steroid dienone is 2. The molecule has 4 heterocycles. The normalized spacial score (nSPS) is 16.3. The fraction of sp³-hybridized carbons (Fsp3) is 0.451. The predicted molar refractivity (Wildman–Crippen MR) is 254 cm³/mol. The summed E-state index contributed by atoms with van der Waals surface area (Å²) in [6.45, 7) is 22.3. The Bertz CT molecular complexity index is 2650. The SMILES string of the molecule is CCOCCOCCOCCOc1ccc2oc(-c3ccc(C(C)(C)C)cc3)c(C3=C(c4cc(-c5ccc(C(C)(C)C)s5)sc4-c4ccc(C(C)(C)C)s4)C(F)(F)C(F)(F)C3(F)F)c2c1. The van der Waals surface area contributed by atoms with Gasteiger partial charge in [-0.25, -0.2) is 0 Å². The Morgan fingerprint density at radius 2 is 1.11 bits per heavy atom. The molecule has 0 saturated carbocycles. The van der Waals surface area contributed by atoms with Crippen LogP contribution in [0.25, 0.3) is 52.9 Å². The van der Waals surface area contributed by atoms with Crippen LogP contribution in [0.3, 0.4) is 0 Å². The van der Waals surface area contributed by atoms with Crippen LogP contribution in [-0.2, 0) is 30.5 Å². The summed E-state index contributed by atoms with van der Waals surface area (Å²) in [5.41, 5.74) is -3.57. The summed E-state index contributed by atoms with van der Waals surface area (Å²) in [4.78, 5) is 3.81. The molecule has 65 heavy (non-hydrogen) atoms. The first-order valence-corrected chi connectivity index (χ1v) is 24.1. The van der Waals surface area contributed by atoms with Gasteiger partial charge in [-0.15, -0.1) is 34.0 Å². The lowest BCUT2D eigenvalue weighted by Gasteiger charge is -2.26. The van der Waals surface area contributed by atoms with Crippen molar-refractivity contribution in [3.63, 3.8) is 0 Å². The molecule has 0 radical (unpaired) electrons. The zero-order chi connectivity index (χ0) is 47.3. The Labute approximate surface area is 389 Å². The molecule has 0 unspecified atom stereocenters. The van der Waals surface area contributed by atoms with Crippen LogP contribution in [0.5, 0.6) is 5.75 Å². The van der Waals surface area contributed by atoms with E-state index in [0.717, 1.165) is 26.7 Å². The van der Waals surface area contributed by atoms with Crippen molar-refractivity contribution < 1.29 is 49.7 Å². The summed E-state index contributed by atoms with van der Waals surface area (Å²) in [6.07, 6.45) is 0. The van der Waals surface area contributed by atoms with Gasteiger partial charge in [-0.1, -0.05) is 86.6 Å². The number of thiophene rings is 3. The lowest BCUT2D eigenvalue weighted by Crippen LogP contribution is -2.48. The Kier molecular flexibility index (Phi) is 13.8. The van der Waals surface area contributed by atoms with E-state index in [2.05, 4.69) is 0 Å². The van der Waals surface area contributed by atoms with Crippen molar-refractivity contribution in [2.45, 2.75) is 103 Å². The van der Waals surface area contributed by atoms with Crippen molar-refractivity contribution in [3.8, 4) is 36.6 Å². The van der Waals surface area contributed by atoms with E-state index in [9.17, 15) is 0 Å². The molecule has 2 aromatic carbocycles. The molecule has 0 spiro atoms. The number of fused-ring (bicyclic) bond motifs is 1. The molecule has 0 amide bonds. The second-order valence-electron chi connectivity index (χ2n) is 19.2. The van der Waals surface area contributed by atoms with E-state index < -0.39 is 34.5 Å². The lowest BCUT2D eigenvalue weighted by molar-refractivity contribution is -0.254. The molecule has 0 saturated heterocycles. The first-order chi connectivity index (χ1) is 30.4. The van der Waals surface area contributed by atoms with Crippen molar-refractivity contribution in [1.82, 2.24) is 0 Å². The van der Waals surface area contributed by atoms with Gasteiger partial charge in [0.15, 0.2) is 0 Å². The van der Waals surface area contributed by atoms with Crippen LogP contribution in [0.15, 0.2) is 77.2 Å². The smallest absolute Gasteiger partial charge is 0.380 e. The van der Waals surface area contributed by atoms with Gasteiger partial charge in [-0.2, -0.15) is 26.3 Å². The first kappa shape index (κ1) is 49.0. The fourth-order valence-electron chi connectivity index (χ4n) is 7.57. The molecule has 0 fully saturated rings.